The van der Waals surface area contributed by atoms with Crippen LogP contribution in [-0.4, -0.2) is 28.0 Å². The molecule has 0 aliphatic heterocycles. The number of hydrogen-bond acceptors (Lipinski definition) is 3. The van der Waals surface area contributed by atoms with Gasteiger partial charge in [0.1, 0.15) is 4.34 Å². The Morgan fingerprint density at radius 1 is 1.23 bits per heavy atom. The Hall–Kier alpha value is -0.810. The molecule has 1 heterocycles. The lowest BCUT2D eigenvalue weighted by Gasteiger charge is -2.39. The number of rotatable bonds is 3. The third-order valence-electron chi connectivity index (χ3n) is 5.02. The van der Waals surface area contributed by atoms with Gasteiger partial charge in [-0.2, -0.15) is 0 Å². The van der Waals surface area contributed by atoms with Crippen molar-refractivity contribution in [2.75, 3.05) is 5.32 Å². The van der Waals surface area contributed by atoms with Gasteiger partial charge < -0.3 is 4.90 Å². The molecule has 22 heavy (non-hydrogen) atoms. The van der Waals surface area contributed by atoms with Crippen molar-refractivity contribution in [1.29, 1.82) is 0 Å². The molecule has 0 atom stereocenters. The molecule has 0 spiro atoms. The lowest BCUT2D eigenvalue weighted by molar-refractivity contribution is 0.124. The average molecular weight is 342 g/mol. The van der Waals surface area contributed by atoms with E-state index in [4.69, 9.17) is 11.6 Å². The summed E-state index contributed by atoms with van der Waals surface area (Å²) in [5.74, 6) is 0.794. The van der Waals surface area contributed by atoms with Crippen molar-refractivity contribution in [2.45, 2.75) is 70.4 Å². The van der Waals surface area contributed by atoms with Crippen LogP contribution in [0.15, 0.2) is 6.20 Å². The predicted molar refractivity (Wildman–Crippen MR) is 91.7 cm³/mol. The first-order valence-electron chi connectivity index (χ1n) is 8.34. The first-order chi connectivity index (χ1) is 10.6. The molecular weight excluding hydrogens is 318 g/mol. The van der Waals surface area contributed by atoms with Gasteiger partial charge in [0.25, 0.3) is 0 Å². The van der Waals surface area contributed by atoms with Crippen molar-refractivity contribution < 1.29 is 4.79 Å². The van der Waals surface area contributed by atoms with Crippen molar-refractivity contribution in [3.63, 3.8) is 0 Å². The van der Waals surface area contributed by atoms with Gasteiger partial charge in [0, 0.05) is 12.1 Å². The fourth-order valence-corrected chi connectivity index (χ4v) is 4.60. The summed E-state index contributed by atoms with van der Waals surface area (Å²) in [5.41, 5.74) is 0. The number of nitrogens with zero attached hydrogens (tertiary/aromatic N) is 2. The van der Waals surface area contributed by atoms with E-state index in [-0.39, 0.29) is 6.03 Å². The van der Waals surface area contributed by atoms with Crippen LogP contribution in [0, 0.1) is 5.92 Å². The van der Waals surface area contributed by atoms with Gasteiger partial charge >= 0.3 is 6.03 Å². The fourth-order valence-electron chi connectivity index (χ4n) is 3.80. The van der Waals surface area contributed by atoms with Crippen LogP contribution in [0.25, 0.3) is 0 Å². The van der Waals surface area contributed by atoms with E-state index >= 15 is 0 Å². The number of hydrogen-bond donors (Lipinski definition) is 1. The third kappa shape index (κ3) is 3.74. The number of amides is 2. The highest BCUT2D eigenvalue weighted by Crippen LogP contribution is 2.33. The standard InChI is InChI=1S/C16H24ClN3OS/c1-11-6-8-13(9-7-11)20(12-4-2-3-5-12)16(21)19-15-18-10-14(17)22-15/h10-13H,2-9H2,1H3,(H,18,19,21). The summed E-state index contributed by atoms with van der Waals surface area (Å²) < 4.78 is 0.606. The Labute approximate surface area is 141 Å². The Morgan fingerprint density at radius 3 is 2.45 bits per heavy atom. The number of aromatic nitrogens is 1. The quantitative estimate of drug-likeness (QED) is 0.826. The molecule has 0 aromatic carbocycles. The molecule has 122 valence electrons. The van der Waals surface area contributed by atoms with E-state index in [1.807, 2.05) is 0 Å². The van der Waals surface area contributed by atoms with Gasteiger partial charge in [-0.15, -0.1) is 0 Å². The minimum absolute atomic E-state index is 0.0115. The van der Waals surface area contributed by atoms with Gasteiger partial charge in [0.15, 0.2) is 5.13 Å². The summed E-state index contributed by atoms with van der Waals surface area (Å²) in [6.45, 7) is 2.31. The van der Waals surface area contributed by atoms with E-state index in [1.165, 1.54) is 37.0 Å². The maximum absolute atomic E-state index is 12.8. The van der Waals surface area contributed by atoms with E-state index in [2.05, 4.69) is 22.1 Å². The van der Waals surface area contributed by atoms with E-state index in [0.717, 1.165) is 31.6 Å². The topological polar surface area (TPSA) is 45.2 Å². The average Bonchev–Trinajstić information content (AvgIpc) is 3.14. The highest BCUT2D eigenvalue weighted by molar-refractivity contribution is 7.19. The van der Waals surface area contributed by atoms with Crippen LogP contribution < -0.4 is 5.32 Å². The summed E-state index contributed by atoms with van der Waals surface area (Å²) in [5, 5.41) is 3.56. The van der Waals surface area contributed by atoms with Gasteiger partial charge in [0.2, 0.25) is 0 Å². The van der Waals surface area contributed by atoms with Gasteiger partial charge in [-0.25, -0.2) is 9.78 Å². The Balaban J connectivity index is 1.71. The van der Waals surface area contributed by atoms with Crippen molar-refractivity contribution in [2.24, 2.45) is 5.92 Å². The minimum atomic E-state index is 0.0115. The van der Waals surface area contributed by atoms with Crippen LogP contribution >= 0.6 is 22.9 Å². The van der Waals surface area contributed by atoms with E-state index < -0.39 is 0 Å². The number of thiazole rings is 1. The summed E-state index contributed by atoms with van der Waals surface area (Å²) >= 11 is 7.23. The number of nitrogens with one attached hydrogen (secondary N) is 1. The summed E-state index contributed by atoms with van der Waals surface area (Å²) in [6, 6.07) is 0.793. The SMILES string of the molecule is CC1CCC(N(C(=O)Nc2ncc(Cl)s2)C2CCCC2)CC1. The molecule has 0 saturated heterocycles. The number of anilines is 1. The normalized spacial score (nSPS) is 26.1. The number of urea groups is 1. The Morgan fingerprint density at radius 2 is 1.86 bits per heavy atom. The van der Waals surface area contributed by atoms with Crippen molar-refractivity contribution >= 4 is 34.1 Å². The van der Waals surface area contributed by atoms with Crippen LogP contribution in [0.4, 0.5) is 9.93 Å². The molecule has 2 fully saturated rings. The summed E-state index contributed by atoms with van der Waals surface area (Å²) in [6.07, 6.45) is 11.0. The molecule has 1 N–H and O–H groups in total. The molecule has 2 saturated carbocycles. The van der Waals surface area contributed by atoms with Crippen LogP contribution in [0.3, 0.4) is 0 Å². The van der Waals surface area contributed by atoms with Gasteiger partial charge in [0.05, 0.1) is 6.20 Å². The molecule has 1 aromatic rings. The second-order valence-electron chi connectivity index (χ2n) is 6.66. The molecule has 2 aliphatic carbocycles. The van der Waals surface area contributed by atoms with Gasteiger partial charge in [-0.3, -0.25) is 5.32 Å². The second-order valence-corrected chi connectivity index (χ2v) is 8.32. The first kappa shape index (κ1) is 16.1. The molecule has 2 aliphatic rings. The largest absolute Gasteiger partial charge is 0.324 e. The summed E-state index contributed by atoms with van der Waals surface area (Å²) in [4.78, 5) is 19.1. The smallest absolute Gasteiger partial charge is 0.319 e. The zero-order chi connectivity index (χ0) is 15.5. The maximum Gasteiger partial charge on any atom is 0.324 e. The van der Waals surface area contributed by atoms with Gasteiger partial charge in [-0.05, 0) is 44.4 Å². The number of carbonyl (C=O) groups excluding carboxylic acids is 1. The highest BCUT2D eigenvalue weighted by Gasteiger charge is 2.34. The Bertz CT molecular complexity index is 507. The lowest BCUT2D eigenvalue weighted by atomic mass is 9.86. The Kier molecular flexibility index (Phi) is 5.24. The molecule has 4 nitrogen and oxygen atoms in total. The number of halogens is 1. The highest BCUT2D eigenvalue weighted by atomic mass is 35.5. The second kappa shape index (κ2) is 7.18. The molecule has 1 aromatic heterocycles. The lowest BCUT2D eigenvalue weighted by Crippen LogP contribution is -2.49. The maximum atomic E-state index is 12.8. The molecule has 3 rings (SSSR count). The molecular formula is C16H24ClN3OS. The molecule has 6 heteroatoms. The zero-order valence-electron chi connectivity index (χ0n) is 13.1. The fraction of sp³-hybridized carbons (Fsp3) is 0.750. The van der Waals surface area contributed by atoms with Gasteiger partial charge in [-0.1, -0.05) is 42.7 Å². The monoisotopic (exact) mass is 341 g/mol. The third-order valence-corrected chi connectivity index (χ3v) is 6.05. The zero-order valence-corrected chi connectivity index (χ0v) is 14.6. The van der Waals surface area contributed by atoms with Crippen LogP contribution in [0.2, 0.25) is 4.34 Å². The van der Waals surface area contributed by atoms with Crippen molar-refractivity contribution in [3.05, 3.63) is 10.5 Å². The van der Waals surface area contributed by atoms with Crippen LogP contribution in [0.5, 0.6) is 0 Å². The van der Waals surface area contributed by atoms with Crippen molar-refractivity contribution in [3.8, 4) is 0 Å². The number of carbonyl (C=O) groups is 1. The molecule has 0 radical (unpaired) electrons. The molecule has 0 bridgehead atoms. The molecule has 2 amide bonds. The van der Waals surface area contributed by atoms with Crippen LogP contribution in [0.1, 0.15) is 58.3 Å². The van der Waals surface area contributed by atoms with Crippen LogP contribution in [-0.2, 0) is 0 Å². The van der Waals surface area contributed by atoms with Crippen molar-refractivity contribution in [1.82, 2.24) is 9.88 Å². The first-order valence-corrected chi connectivity index (χ1v) is 9.53. The summed E-state index contributed by atoms with van der Waals surface area (Å²) in [7, 11) is 0. The molecule has 0 unspecified atom stereocenters. The van der Waals surface area contributed by atoms with E-state index in [1.54, 1.807) is 6.20 Å². The van der Waals surface area contributed by atoms with E-state index in [9.17, 15) is 4.79 Å². The van der Waals surface area contributed by atoms with E-state index in [0.29, 0.717) is 21.6 Å². The minimum Gasteiger partial charge on any atom is -0.319 e. The predicted octanol–water partition coefficient (Wildman–Crippen LogP) is 5.15.